The number of thioether (sulfide) groups is 1. The van der Waals surface area contributed by atoms with Crippen LogP contribution in [0.3, 0.4) is 0 Å². The SMILES string of the molecule is CC(C)(C)SC(=O)/C=C/CCCBr. The molecule has 0 aliphatic heterocycles. The highest BCUT2D eigenvalue weighted by molar-refractivity contribution is 9.09. The summed E-state index contributed by atoms with van der Waals surface area (Å²) in [4.78, 5) is 11.3. The summed E-state index contributed by atoms with van der Waals surface area (Å²) in [5, 5.41) is 1.15. The molecule has 0 aromatic heterocycles. The second kappa shape index (κ2) is 6.66. The van der Waals surface area contributed by atoms with Crippen LogP contribution in [-0.2, 0) is 4.79 Å². The molecule has 0 aromatic rings. The first-order valence-electron chi connectivity index (χ1n) is 4.41. The Morgan fingerprint density at radius 2 is 2.08 bits per heavy atom. The van der Waals surface area contributed by atoms with Crippen LogP contribution in [0.1, 0.15) is 33.6 Å². The minimum absolute atomic E-state index is 0.0246. The van der Waals surface area contributed by atoms with E-state index >= 15 is 0 Å². The van der Waals surface area contributed by atoms with Crippen molar-refractivity contribution in [3.63, 3.8) is 0 Å². The van der Waals surface area contributed by atoms with Gasteiger partial charge in [0.05, 0.1) is 0 Å². The van der Waals surface area contributed by atoms with Crippen LogP contribution < -0.4 is 0 Å². The molecule has 76 valence electrons. The number of halogens is 1. The molecule has 0 unspecified atom stereocenters. The van der Waals surface area contributed by atoms with Gasteiger partial charge in [0.2, 0.25) is 5.12 Å². The molecule has 3 heteroatoms. The van der Waals surface area contributed by atoms with Crippen LogP contribution in [-0.4, -0.2) is 15.2 Å². The summed E-state index contributed by atoms with van der Waals surface area (Å²) < 4.78 is 0.0246. The first kappa shape index (κ1) is 13.2. The molecule has 0 atom stereocenters. The van der Waals surface area contributed by atoms with Crippen molar-refractivity contribution in [1.82, 2.24) is 0 Å². The van der Waals surface area contributed by atoms with E-state index in [2.05, 4.69) is 15.9 Å². The van der Waals surface area contributed by atoms with Crippen molar-refractivity contribution in [3.05, 3.63) is 12.2 Å². The zero-order valence-electron chi connectivity index (χ0n) is 8.47. The summed E-state index contributed by atoms with van der Waals surface area (Å²) in [6.45, 7) is 6.13. The molecule has 0 amide bonds. The Balaban J connectivity index is 3.68. The van der Waals surface area contributed by atoms with Crippen molar-refractivity contribution >= 4 is 32.8 Å². The van der Waals surface area contributed by atoms with Crippen LogP contribution in [0.4, 0.5) is 0 Å². The van der Waals surface area contributed by atoms with Crippen molar-refractivity contribution < 1.29 is 4.79 Å². The van der Waals surface area contributed by atoms with E-state index in [1.165, 1.54) is 11.8 Å². The molecule has 1 nitrogen and oxygen atoms in total. The van der Waals surface area contributed by atoms with E-state index in [0.29, 0.717) is 0 Å². The van der Waals surface area contributed by atoms with Crippen LogP contribution in [0.15, 0.2) is 12.2 Å². The zero-order chi connectivity index (χ0) is 10.3. The average Bonchev–Trinajstić information content (AvgIpc) is 1.94. The van der Waals surface area contributed by atoms with Crippen LogP contribution in [0, 0.1) is 0 Å². The van der Waals surface area contributed by atoms with E-state index < -0.39 is 0 Å². The minimum atomic E-state index is 0.0246. The quantitative estimate of drug-likeness (QED) is 0.437. The Kier molecular flexibility index (Phi) is 6.78. The molecule has 0 spiro atoms. The van der Waals surface area contributed by atoms with Gasteiger partial charge >= 0.3 is 0 Å². The van der Waals surface area contributed by atoms with Crippen molar-refractivity contribution in [2.24, 2.45) is 0 Å². The number of hydrogen-bond donors (Lipinski definition) is 0. The first-order chi connectivity index (χ1) is 5.95. The van der Waals surface area contributed by atoms with E-state index in [9.17, 15) is 4.79 Å². The summed E-state index contributed by atoms with van der Waals surface area (Å²) >= 11 is 4.72. The predicted octanol–water partition coefficient (Wildman–Crippen LogP) is 3.78. The van der Waals surface area contributed by atoms with E-state index in [0.717, 1.165) is 18.2 Å². The molecule has 0 bridgehead atoms. The van der Waals surface area contributed by atoms with Gasteiger partial charge < -0.3 is 0 Å². The van der Waals surface area contributed by atoms with Crippen LogP contribution >= 0.6 is 27.7 Å². The Labute approximate surface area is 93.5 Å². The molecule has 0 saturated heterocycles. The topological polar surface area (TPSA) is 17.1 Å². The molecule has 0 aliphatic carbocycles. The number of rotatable bonds is 4. The van der Waals surface area contributed by atoms with Crippen molar-refractivity contribution in [2.45, 2.75) is 38.4 Å². The molecule has 0 aromatic carbocycles. The van der Waals surface area contributed by atoms with Gasteiger partial charge in [-0.1, -0.05) is 54.5 Å². The normalized spacial score (nSPS) is 12.3. The molecule has 0 radical (unpaired) electrons. The summed E-state index contributed by atoms with van der Waals surface area (Å²) in [5.41, 5.74) is 0. The van der Waals surface area contributed by atoms with E-state index in [1.54, 1.807) is 6.08 Å². The lowest BCUT2D eigenvalue weighted by Crippen LogP contribution is -2.10. The third kappa shape index (κ3) is 10.2. The number of allylic oxidation sites excluding steroid dienone is 1. The number of unbranched alkanes of at least 4 members (excludes halogenated alkanes) is 1. The predicted molar refractivity (Wildman–Crippen MR) is 64.5 cm³/mol. The molecule has 0 N–H and O–H groups in total. The van der Waals surface area contributed by atoms with Gasteiger partial charge in [0.1, 0.15) is 0 Å². The molecular formula is C10H17BrOS. The Hall–Kier alpha value is 0.240. The smallest absolute Gasteiger partial charge is 0.212 e. The second-order valence-corrected chi connectivity index (χ2v) is 6.39. The molecular weight excluding hydrogens is 248 g/mol. The van der Waals surface area contributed by atoms with Crippen molar-refractivity contribution in [2.75, 3.05) is 5.33 Å². The van der Waals surface area contributed by atoms with Crippen LogP contribution in [0.2, 0.25) is 0 Å². The molecule has 0 heterocycles. The van der Waals surface area contributed by atoms with Crippen LogP contribution in [0.5, 0.6) is 0 Å². The maximum absolute atomic E-state index is 11.3. The fraction of sp³-hybridized carbons (Fsp3) is 0.700. The van der Waals surface area contributed by atoms with Crippen molar-refractivity contribution in [3.8, 4) is 0 Å². The molecule has 0 aliphatic rings. The fourth-order valence-corrected chi connectivity index (χ4v) is 1.80. The van der Waals surface area contributed by atoms with Gasteiger partial charge in [-0.25, -0.2) is 0 Å². The lowest BCUT2D eigenvalue weighted by molar-refractivity contribution is -0.107. The molecule has 0 fully saturated rings. The Bertz CT molecular complexity index is 182. The third-order valence-corrected chi connectivity index (χ3v) is 2.68. The second-order valence-electron chi connectivity index (χ2n) is 3.77. The third-order valence-electron chi connectivity index (χ3n) is 1.17. The number of carbonyl (C=O) groups is 1. The van der Waals surface area contributed by atoms with E-state index in [1.807, 2.05) is 26.8 Å². The minimum Gasteiger partial charge on any atom is -0.282 e. The van der Waals surface area contributed by atoms with Gasteiger partial charge in [-0.3, -0.25) is 4.79 Å². The largest absolute Gasteiger partial charge is 0.282 e. The Morgan fingerprint density at radius 3 is 2.54 bits per heavy atom. The summed E-state index contributed by atoms with van der Waals surface area (Å²) in [6, 6.07) is 0. The lowest BCUT2D eigenvalue weighted by atomic mass is 10.3. The molecule has 13 heavy (non-hydrogen) atoms. The highest BCUT2D eigenvalue weighted by atomic mass is 79.9. The number of alkyl halides is 1. The highest BCUT2D eigenvalue weighted by Gasteiger charge is 2.14. The monoisotopic (exact) mass is 264 g/mol. The van der Waals surface area contributed by atoms with Crippen LogP contribution in [0.25, 0.3) is 0 Å². The van der Waals surface area contributed by atoms with Gasteiger partial charge in [0.15, 0.2) is 0 Å². The molecule has 0 rings (SSSR count). The molecule has 0 saturated carbocycles. The zero-order valence-corrected chi connectivity index (χ0v) is 10.9. The van der Waals surface area contributed by atoms with Gasteiger partial charge in [-0.2, -0.15) is 0 Å². The van der Waals surface area contributed by atoms with Gasteiger partial charge in [0, 0.05) is 10.1 Å². The van der Waals surface area contributed by atoms with Crippen molar-refractivity contribution in [1.29, 1.82) is 0 Å². The summed E-state index contributed by atoms with van der Waals surface area (Å²) in [5.74, 6) is 0. The van der Waals surface area contributed by atoms with Gasteiger partial charge in [-0.15, -0.1) is 0 Å². The number of hydrogen-bond acceptors (Lipinski definition) is 2. The van der Waals surface area contributed by atoms with Gasteiger partial charge in [0.25, 0.3) is 0 Å². The maximum atomic E-state index is 11.3. The van der Waals surface area contributed by atoms with E-state index in [-0.39, 0.29) is 9.86 Å². The fourth-order valence-electron chi connectivity index (χ4n) is 0.710. The maximum Gasteiger partial charge on any atom is 0.212 e. The lowest BCUT2D eigenvalue weighted by Gasteiger charge is -2.14. The Morgan fingerprint density at radius 1 is 1.46 bits per heavy atom. The van der Waals surface area contributed by atoms with Gasteiger partial charge in [-0.05, 0) is 18.9 Å². The highest BCUT2D eigenvalue weighted by Crippen LogP contribution is 2.24. The van der Waals surface area contributed by atoms with E-state index in [4.69, 9.17) is 0 Å². The first-order valence-corrected chi connectivity index (χ1v) is 6.35. The number of carbonyl (C=O) groups excluding carboxylic acids is 1. The average molecular weight is 265 g/mol. The standard InChI is InChI=1S/C10H17BrOS/c1-10(2,3)13-9(12)7-5-4-6-8-11/h5,7H,4,6,8H2,1-3H3/b7-5+. The summed E-state index contributed by atoms with van der Waals surface area (Å²) in [7, 11) is 0. The summed E-state index contributed by atoms with van der Waals surface area (Å²) in [6.07, 6.45) is 5.69.